The molecular formula is C27H25N3O4S. The molecule has 0 spiro atoms. The van der Waals surface area contributed by atoms with Gasteiger partial charge in [-0.3, -0.25) is 19.0 Å². The lowest BCUT2D eigenvalue weighted by Crippen LogP contribution is -2.42. The number of ether oxygens (including phenoxy) is 1. The molecule has 5 rings (SSSR count). The first kappa shape index (κ1) is 23.0. The zero-order chi connectivity index (χ0) is 24.9. The average Bonchev–Trinajstić information content (AvgIpc) is 3.29. The van der Waals surface area contributed by atoms with Crippen molar-refractivity contribution in [2.24, 2.45) is 0 Å². The normalized spacial score (nSPS) is 15.4. The summed E-state index contributed by atoms with van der Waals surface area (Å²) in [5.74, 6) is 0.528. The van der Waals surface area contributed by atoms with Gasteiger partial charge in [-0.2, -0.15) is 0 Å². The molecule has 0 saturated carbocycles. The monoisotopic (exact) mass is 487 g/mol. The lowest BCUT2D eigenvalue weighted by molar-refractivity contribution is -0.125. The molecule has 0 N–H and O–H groups in total. The van der Waals surface area contributed by atoms with Crippen LogP contribution in [0.2, 0.25) is 0 Å². The molecule has 35 heavy (non-hydrogen) atoms. The minimum absolute atomic E-state index is 0.156. The van der Waals surface area contributed by atoms with Crippen molar-refractivity contribution in [2.75, 3.05) is 11.9 Å². The summed E-state index contributed by atoms with van der Waals surface area (Å²) in [4.78, 5) is 45.3. The molecule has 2 aromatic heterocycles. The molecule has 4 aromatic rings. The van der Waals surface area contributed by atoms with Crippen LogP contribution in [-0.2, 0) is 11.3 Å². The van der Waals surface area contributed by atoms with Crippen LogP contribution in [0.25, 0.3) is 21.3 Å². The van der Waals surface area contributed by atoms with Crippen LogP contribution in [0.4, 0.5) is 5.69 Å². The largest absolute Gasteiger partial charge is 0.479 e. The number of fused-ring (bicyclic) bond motifs is 2. The second-order valence-corrected chi connectivity index (χ2v) is 9.90. The van der Waals surface area contributed by atoms with Crippen LogP contribution in [0, 0.1) is 0 Å². The van der Waals surface area contributed by atoms with Gasteiger partial charge in [-0.05, 0) is 42.2 Å². The summed E-state index contributed by atoms with van der Waals surface area (Å²) in [5, 5.41) is 2.45. The molecule has 2 aromatic carbocycles. The topological polar surface area (TPSA) is 81.5 Å². The number of hydrogen-bond donors (Lipinski definition) is 0. The molecule has 3 heterocycles. The van der Waals surface area contributed by atoms with E-state index in [9.17, 15) is 14.4 Å². The highest BCUT2D eigenvalue weighted by molar-refractivity contribution is 7.17. The summed E-state index contributed by atoms with van der Waals surface area (Å²) < 4.78 is 6.98. The van der Waals surface area contributed by atoms with E-state index in [1.165, 1.54) is 32.7 Å². The zero-order valence-corrected chi connectivity index (χ0v) is 20.8. The Balaban J connectivity index is 1.47. The smallest absolute Gasteiger partial charge is 0.267 e. The van der Waals surface area contributed by atoms with Gasteiger partial charge in [0.25, 0.3) is 11.5 Å². The van der Waals surface area contributed by atoms with Crippen molar-refractivity contribution in [1.29, 1.82) is 0 Å². The van der Waals surface area contributed by atoms with Crippen LogP contribution in [0.5, 0.6) is 5.75 Å². The third kappa shape index (κ3) is 4.04. The van der Waals surface area contributed by atoms with Crippen LogP contribution in [0.15, 0.2) is 59.0 Å². The molecule has 0 bridgehead atoms. The first-order valence-electron chi connectivity index (χ1n) is 11.4. The van der Waals surface area contributed by atoms with Crippen molar-refractivity contribution in [3.8, 4) is 16.9 Å². The lowest BCUT2D eigenvalue weighted by atomic mass is 9.99. The van der Waals surface area contributed by atoms with Crippen LogP contribution in [0.1, 0.15) is 42.6 Å². The Bertz CT molecular complexity index is 1520. The number of rotatable bonds is 5. The zero-order valence-electron chi connectivity index (χ0n) is 19.9. The summed E-state index contributed by atoms with van der Waals surface area (Å²) in [5.41, 5.74) is 3.66. The van der Waals surface area contributed by atoms with E-state index < -0.39 is 6.10 Å². The molecule has 0 aliphatic carbocycles. The molecule has 0 radical (unpaired) electrons. The highest BCUT2D eigenvalue weighted by Crippen LogP contribution is 2.34. The molecule has 0 saturated heterocycles. The van der Waals surface area contributed by atoms with Crippen LogP contribution >= 0.6 is 11.3 Å². The summed E-state index contributed by atoms with van der Waals surface area (Å²) in [7, 11) is 1.66. The highest BCUT2D eigenvalue weighted by Gasteiger charge is 2.29. The number of amides is 1. The third-order valence-electron chi connectivity index (χ3n) is 6.39. The van der Waals surface area contributed by atoms with Crippen LogP contribution < -0.4 is 15.2 Å². The number of aromatic nitrogens is 2. The first-order chi connectivity index (χ1) is 16.7. The minimum atomic E-state index is -0.577. The van der Waals surface area contributed by atoms with E-state index in [1.807, 2.05) is 17.5 Å². The van der Waals surface area contributed by atoms with Crippen molar-refractivity contribution in [1.82, 2.24) is 9.55 Å². The fourth-order valence-electron chi connectivity index (χ4n) is 4.27. The maximum absolute atomic E-state index is 13.4. The number of thiophene rings is 1. The van der Waals surface area contributed by atoms with E-state index in [2.05, 4.69) is 31.0 Å². The Labute approximate surface area is 206 Å². The molecule has 1 amide bonds. The van der Waals surface area contributed by atoms with Crippen LogP contribution in [-0.4, -0.2) is 34.4 Å². The number of likely N-dealkylation sites (N-methyl/N-ethyl adjacent to an activating group) is 1. The lowest BCUT2D eigenvalue weighted by Gasteiger charge is -2.30. The second kappa shape index (κ2) is 8.78. The second-order valence-electron chi connectivity index (χ2n) is 9.05. The quantitative estimate of drug-likeness (QED) is 0.375. The summed E-state index contributed by atoms with van der Waals surface area (Å²) in [6, 6.07) is 13.2. The fourth-order valence-corrected chi connectivity index (χ4v) is 5.18. The summed E-state index contributed by atoms with van der Waals surface area (Å²) in [6.45, 7) is 5.81. The minimum Gasteiger partial charge on any atom is -0.479 e. The van der Waals surface area contributed by atoms with E-state index in [0.717, 1.165) is 11.1 Å². The van der Waals surface area contributed by atoms with Gasteiger partial charge < -0.3 is 9.64 Å². The predicted octanol–water partition coefficient (Wildman–Crippen LogP) is 4.88. The average molecular weight is 488 g/mol. The van der Waals surface area contributed by atoms with E-state index in [0.29, 0.717) is 33.1 Å². The molecule has 1 unspecified atom stereocenters. The first-order valence-corrected chi connectivity index (χ1v) is 12.3. The summed E-state index contributed by atoms with van der Waals surface area (Å²) >= 11 is 1.41. The molecule has 1 atom stereocenters. The van der Waals surface area contributed by atoms with Gasteiger partial charge in [-0.25, -0.2) is 4.98 Å². The predicted molar refractivity (Wildman–Crippen MR) is 138 cm³/mol. The summed E-state index contributed by atoms with van der Waals surface area (Å²) in [6.07, 6.45) is 0.843. The van der Waals surface area contributed by atoms with Crippen molar-refractivity contribution < 1.29 is 14.3 Å². The molecule has 1 aliphatic rings. The van der Waals surface area contributed by atoms with Gasteiger partial charge in [0, 0.05) is 23.6 Å². The number of benzene rings is 2. The van der Waals surface area contributed by atoms with E-state index in [4.69, 9.17) is 4.74 Å². The van der Waals surface area contributed by atoms with E-state index in [1.54, 1.807) is 32.2 Å². The van der Waals surface area contributed by atoms with E-state index in [-0.39, 0.29) is 23.8 Å². The molecule has 0 fully saturated rings. The molecule has 8 heteroatoms. The molecule has 178 valence electrons. The third-order valence-corrected chi connectivity index (χ3v) is 7.27. The van der Waals surface area contributed by atoms with Crippen molar-refractivity contribution in [3.05, 3.63) is 75.7 Å². The Kier molecular flexibility index (Phi) is 5.76. The maximum Gasteiger partial charge on any atom is 0.267 e. The van der Waals surface area contributed by atoms with Gasteiger partial charge in [0.1, 0.15) is 10.6 Å². The van der Waals surface area contributed by atoms with Crippen molar-refractivity contribution >= 4 is 38.9 Å². The number of hydrogen-bond acceptors (Lipinski definition) is 6. The Hall–Kier alpha value is -3.78. The standard InChI is InChI=1S/C27H25N3O4S/c1-15(2)17-5-7-18(8-6-17)20-13-35-25-24(20)27(33)30(14-28-25)12-22(31)19-9-10-23-21(11-19)29(4)26(32)16(3)34-23/h5-11,13-16H,12H2,1-4H3. The molecular weight excluding hydrogens is 462 g/mol. The van der Waals surface area contributed by atoms with Gasteiger partial charge >= 0.3 is 0 Å². The number of carbonyl (C=O) groups is 2. The van der Waals surface area contributed by atoms with E-state index >= 15 is 0 Å². The SMILES string of the molecule is CC1Oc2ccc(C(=O)Cn3cnc4scc(-c5ccc(C(C)C)cc5)c4c3=O)cc2N(C)C1=O. The van der Waals surface area contributed by atoms with Gasteiger partial charge in [0.2, 0.25) is 0 Å². The van der Waals surface area contributed by atoms with Gasteiger partial charge in [-0.15, -0.1) is 11.3 Å². The van der Waals surface area contributed by atoms with Crippen molar-refractivity contribution in [3.63, 3.8) is 0 Å². The number of carbonyl (C=O) groups excluding carboxylic acids is 2. The van der Waals surface area contributed by atoms with Gasteiger partial charge in [0.05, 0.1) is 23.9 Å². The Morgan fingerprint density at radius 3 is 2.60 bits per heavy atom. The fraction of sp³-hybridized carbons (Fsp3) is 0.259. The number of ketones is 1. The number of Topliss-reactive ketones (excluding diaryl/α,β-unsaturated/α-hetero) is 1. The highest BCUT2D eigenvalue weighted by atomic mass is 32.1. The van der Waals surface area contributed by atoms with Gasteiger partial charge in [0.15, 0.2) is 11.9 Å². The molecule has 7 nitrogen and oxygen atoms in total. The Morgan fingerprint density at radius 2 is 1.89 bits per heavy atom. The van der Waals surface area contributed by atoms with Gasteiger partial charge in [-0.1, -0.05) is 38.1 Å². The maximum atomic E-state index is 13.4. The number of anilines is 1. The molecule has 1 aliphatic heterocycles. The van der Waals surface area contributed by atoms with Crippen molar-refractivity contribution in [2.45, 2.75) is 39.3 Å². The Morgan fingerprint density at radius 1 is 1.14 bits per heavy atom. The number of nitrogens with zero attached hydrogens (tertiary/aromatic N) is 3. The van der Waals surface area contributed by atoms with Crippen LogP contribution in [0.3, 0.4) is 0 Å².